The van der Waals surface area contributed by atoms with E-state index < -0.39 is 5.82 Å². The molecule has 1 fully saturated rings. The molecule has 0 unspecified atom stereocenters. The van der Waals surface area contributed by atoms with Gasteiger partial charge in [0.1, 0.15) is 23.5 Å². The van der Waals surface area contributed by atoms with Crippen LogP contribution in [0.25, 0.3) is 5.57 Å². The third-order valence-electron chi connectivity index (χ3n) is 5.07. The molecule has 0 aromatic heterocycles. The van der Waals surface area contributed by atoms with E-state index in [2.05, 4.69) is 21.8 Å². The van der Waals surface area contributed by atoms with Gasteiger partial charge in [-0.15, -0.1) is 0 Å². The summed E-state index contributed by atoms with van der Waals surface area (Å²) in [7, 11) is 1.93. The van der Waals surface area contributed by atoms with E-state index in [1.165, 1.54) is 6.07 Å². The molecule has 8 heteroatoms. The quantitative estimate of drug-likeness (QED) is 0.758. The zero-order valence-electron chi connectivity index (χ0n) is 14.7. The second-order valence-corrected chi connectivity index (χ2v) is 7.70. The summed E-state index contributed by atoms with van der Waals surface area (Å²) in [6, 6.07) is 4.66. The Labute approximate surface area is 162 Å². The maximum atomic E-state index is 14.7. The minimum atomic E-state index is -0.411. The highest BCUT2D eigenvalue weighted by Gasteiger charge is 2.39. The van der Waals surface area contributed by atoms with Crippen LogP contribution in [0.15, 0.2) is 34.0 Å². The van der Waals surface area contributed by atoms with Gasteiger partial charge in [-0.2, -0.15) is 10.0 Å². The van der Waals surface area contributed by atoms with E-state index in [1.54, 1.807) is 12.1 Å². The lowest BCUT2D eigenvalue weighted by atomic mass is 9.97. The van der Waals surface area contributed by atoms with Gasteiger partial charge in [0.25, 0.3) is 0 Å². The number of allylic oxidation sites excluding steroid dienone is 1. The zero-order chi connectivity index (χ0) is 18.4. The van der Waals surface area contributed by atoms with Crippen LogP contribution in [0.1, 0.15) is 25.3 Å². The fraction of sp³-hybridized carbons (Fsp3) is 0.444. The number of piperidine rings is 1. The first kappa shape index (κ1) is 17.8. The van der Waals surface area contributed by atoms with Crippen molar-refractivity contribution in [2.24, 2.45) is 15.9 Å². The number of hydrazine groups is 1. The van der Waals surface area contributed by atoms with E-state index >= 15 is 0 Å². The molecule has 0 N–H and O–H groups in total. The van der Waals surface area contributed by atoms with Crippen molar-refractivity contribution >= 4 is 39.9 Å². The molecule has 1 saturated heterocycles. The van der Waals surface area contributed by atoms with Gasteiger partial charge < -0.3 is 4.90 Å². The van der Waals surface area contributed by atoms with Crippen molar-refractivity contribution in [3.63, 3.8) is 0 Å². The average molecular weight is 396 g/mol. The fourth-order valence-electron chi connectivity index (χ4n) is 3.59. The molecule has 26 heavy (non-hydrogen) atoms. The third-order valence-corrected chi connectivity index (χ3v) is 5.66. The molecular weight excluding hydrogens is 376 g/mol. The summed E-state index contributed by atoms with van der Waals surface area (Å²) in [6.45, 7) is 4.47. The smallest absolute Gasteiger partial charge is 0.244 e. The minimum absolute atomic E-state index is 0.218. The van der Waals surface area contributed by atoms with E-state index in [0.29, 0.717) is 29.1 Å². The van der Waals surface area contributed by atoms with Crippen LogP contribution in [0.3, 0.4) is 0 Å². The second-order valence-electron chi connectivity index (χ2n) is 6.94. The van der Waals surface area contributed by atoms with Crippen molar-refractivity contribution in [3.8, 4) is 0 Å². The molecule has 4 rings (SSSR count). The normalized spacial score (nSPS) is 21.9. The van der Waals surface area contributed by atoms with Gasteiger partial charge in [0.05, 0.1) is 10.6 Å². The Balaban J connectivity index is 1.92. The molecular formula is C18H20Cl2FN5. The number of hydrogen-bond acceptors (Lipinski definition) is 5. The number of likely N-dealkylation sites (tertiary alicyclic amines) is 1. The molecule has 5 nitrogen and oxygen atoms in total. The molecule has 0 saturated carbocycles. The van der Waals surface area contributed by atoms with E-state index in [9.17, 15) is 4.39 Å². The van der Waals surface area contributed by atoms with E-state index in [1.807, 2.05) is 17.1 Å². The maximum absolute atomic E-state index is 14.7. The molecule has 0 bridgehead atoms. The van der Waals surface area contributed by atoms with Crippen LogP contribution >= 0.6 is 23.2 Å². The Kier molecular flexibility index (Phi) is 4.67. The van der Waals surface area contributed by atoms with Gasteiger partial charge in [-0.25, -0.2) is 14.4 Å². The summed E-state index contributed by atoms with van der Waals surface area (Å²) in [5.74, 6) is 1.60. The van der Waals surface area contributed by atoms with Gasteiger partial charge in [-0.05, 0) is 30.9 Å². The predicted octanol–water partition coefficient (Wildman–Crippen LogP) is 4.01. The highest BCUT2D eigenvalue weighted by Crippen LogP contribution is 2.39. The monoisotopic (exact) mass is 395 g/mol. The Bertz CT molecular complexity index is 807. The molecule has 3 heterocycles. The molecule has 3 aliphatic heterocycles. The first-order valence-corrected chi connectivity index (χ1v) is 9.46. The summed E-state index contributed by atoms with van der Waals surface area (Å²) in [6.07, 6.45) is 2.14. The van der Waals surface area contributed by atoms with Crippen molar-refractivity contribution in [2.75, 3.05) is 26.8 Å². The van der Waals surface area contributed by atoms with E-state index in [0.717, 1.165) is 31.8 Å². The number of benzene rings is 1. The summed E-state index contributed by atoms with van der Waals surface area (Å²) in [5.41, 5.74) is 0.813. The number of halogens is 3. The van der Waals surface area contributed by atoms with Crippen LogP contribution in [-0.2, 0) is 0 Å². The first-order chi connectivity index (χ1) is 12.5. The number of guanidine groups is 1. The van der Waals surface area contributed by atoms with Crippen LogP contribution in [-0.4, -0.2) is 52.9 Å². The molecule has 138 valence electrons. The molecule has 1 aromatic rings. The molecule has 0 atom stereocenters. The molecule has 0 amide bonds. The van der Waals surface area contributed by atoms with Crippen molar-refractivity contribution in [2.45, 2.75) is 19.8 Å². The zero-order valence-corrected chi connectivity index (χ0v) is 16.2. The van der Waals surface area contributed by atoms with Gasteiger partial charge >= 0.3 is 0 Å². The van der Waals surface area contributed by atoms with Gasteiger partial charge in [0.15, 0.2) is 0 Å². The van der Waals surface area contributed by atoms with Gasteiger partial charge in [-0.1, -0.05) is 36.2 Å². The van der Waals surface area contributed by atoms with Crippen LogP contribution in [0, 0.1) is 11.7 Å². The summed E-state index contributed by atoms with van der Waals surface area (Å²) < 4.78 is 14.7. The molecule has 0 radical (unpaired) electrons. The lowest BCUT2D eigenvalue weighted by Crippen LogP contribution is -2.48. The lowest BCUT2D eigenvalue weighted by Gasteiger charge is -2.42. The highest BCUT2D eigenvalue weighted by atomic mass is 35.5. The number of nitrogens with zero attached hydrogens (tertiary/aromatic N) is 5. The van der Waals surface area contributed by atoms with E-state index in [4.69, 9.17) is 23.2 Å². The maximum Gasteiger partial charge on any atom is 0.244 e. The predicted molar refractivity (Wildman–Crippen MR) is 103 cm³/mol. The SMILES string of the molecule is CC1CCN(C2=C(c3c(F)cccc3Cl)C(Cl)=NC3=NCN(C)N32)CC1. The van der Waals surface area contributed by atoms with Gasteiger partial charge in [-0.3, -0.25) is 0 Å². The second kappa shape index (κ2) is 6.83. The van der Waals surface area contributed by atoms with Gasteiger partial charge in [0.2, 0.25) is 5.96 Å². The molecule has 0 aliphatic carbocycles. The Morgan fingerprint density at radius 3 is 2.62 bits per heavy atom. The Morgan fingerprint density at radius 2 is 1.92 bits per heavy atom. The van der Waals surface area contributed by atoms with Crippen LogP contribution < -0.4 is 0 Å². The minimum Gasteiger partial charge on any atom is -0.356 e. The van der Waals surface area contributed by atoms with Gasteiger partial charge in [0, 0.05) is 25.7 Å². The highest BCUT2D eigenvalue weighted by molar-refractivity contribution is 6.77. The molecule has 1 aromatic carbocycles. The Morgan fingerprint density at radius 1 is 1.19 bits per heavy atom. The summed E-state index contributed by atoms with van der Waals surface area (Å²) in [4.78, 5) is 11.1. The van der Waals surface area contributed by atoms with Crippen molar-refractivity contribution in [1.29, 1.82) is 0 Å². The third kappa shape index (κ3) is 2.90. The van der Waals surface area contributed by atoms with Crippen molar-refractivity contribution in [3.05, 3.63) is 40.4 Å². The van der Waals surface area contributed by atoms with Crippen LogP contribution in [0.5, 0.6) is 0 Å². The van der Waals surface area contributed by atoms with Crippen LogP contribution in [0.2, 0.25) is 5.02 Å². The molecule has 0 spiro atoms. The van der Waals surface area contributed by atoms with E-state index in [-0.39, 0.29) is 10.7 Å². The largest absolute Gasteiger partial charge is 0.356 e. The number of rotatable bonds is 2. The lowest BCUT2D eigenvalue weighted by molar-refractivity contribution is 0.0815. The summed E-state index contributed by atoms with van der Waals surface area (Å²) >= 11 is 12.9. The number of fused-ring (bicyclic) bond motifs is 1. The standard InChI is InChI=1S/C18H20Cl2FN5/c1-11-6-8-25(9-7-11)17-15(14-12(19)4-3-5-13(14)21)16(20)23-18-22-10-24(2)26(17)18/h3-5,11H,6-10H2,1-2H3. The number of hydrogen-bond donors (Lipinski definition) is 0. The average Bonchev–Trinajstić information content (AvgIpc) is 2.96. The van der Waals surface area contributed by atoms with Crippen LogP contribution in [0.4, 0.5) is 4.39 Å². The molecule has 3 aliphatic rings. The first-order valence-electron chi connectivity index (χ1n) is 8.71. The van der Waals surface area contributed by atoms with Crippen molar-refractivity contribution in [1.82, 2.24) is 14.9 Å². The Hall–Kier alpha value is -1.63. The fourth-order valence-corrected chi connectivity index (χ4v) is 4.11. The van der Waals surface area contributed by atoms with Crippen molar-refractivity contribution < 1.29 is 4.39 Å². The summed E-state index contributed by atoms with van der Waals surface area (Å²) in [5, 5.41) is 4.40. The topological polar surface area (TPSA) is 34.4 Å². The number of aliphatic imine (C=N–C) groups is 2.